The molecule has 2 aromatic rings. The lowest BCUT2D eigenvalue weighted by atomic mass is 10.2. The number of thioether (sulfide) groups is 1. The molecular weight excluding hydrogens is 396 g/mol. The van der Waals surface area contributed by atoms with Crippen molar-refractivity contribution in [1.29, 1.82) is 0 Å². The number of carbonyl (C=O) groups excluding carboxylic acids is 2. The first kappa shape index (κ1) is 20.5. The molecule has 0 saturated heterocycles. The minimum Gasteiger partial charge on any atom is -0.496 e. The third kappa shape index (κ3) is 5.35. The van der Waals surface area contributed by atoms with Crippen LogP contribution in [0.15, 0.2) is 41.3 Å². The molecule has 0 saturated carbocycles. The van der Waals surface area contributed by atoms with Gasteiger partial charge in [-0.25, -0.2) is 4.79 Å². The SMILES string of the molecule is COc1cc(SC)ccc1C(=O)OCC(=O)Nc1ccc(Cl)cc1[N+](=O)[O-]. The Labute approximate surface area is 163 Å². The first-order valence-electron chi connectivity index (χ1n) is 7.48. The molecule has 0 radical (unpaired) electrons. The van der Waals surface area contributed by atoms with E-state index in [0.29, 0.717) is 5.75 Å². The number of halogens is 1. The van der Waals surface area contributed by atoms with E-state index in [4.69, 9.17) is 21.1 Å². The van der Waals surface area contributed by atoms with E-state index in [1.165, 1.54) is 37.1 Å². The Hall–Kier alpha value is -2.78. The van der Waals surface area contributed by atoms with Gasteiger partial charge in [-0.1, -0.05) is 11.6 Å². The van der Waals surface area contributed by atoms with E-state index in [9.17, 15) is 19.7 Å². The van der Waals surface area contributed by atoms with E-state index in [1.54, 1.807) is 12.1 Å². The summed E-state index contributed by atoms with van der Waals surface area (Å²) in [5, 5.41) is 13.5. The lowest BCUT2D eigenvalue weighted by Gasteiger charge is -2.10. The Bertz CT molecular complexity index is 890. The number of methoxy groups -OCH3 is 1. The number of benzene rings is 2. The maximum absolute atomic E-state index is 12.2. The standard InChI is InChI=1S/C17H15ClN2O6S/c1-25-15-8-11(27-2)4-5-12(15)17(22)26-9-16(21)19-13-6-3-10(18)7-14(13)20(23)24/h3-8H,9H2,1-2H3,(H,19,21). The number of nitrogens with one attached hydrogen (secondary N) is 1. The zero-order chi connectivity index (χ0) is 20.0. The van der Waals surface area contributed by atoms with Crippen LogP contribution in [0, 0.1) is 10.1 Å². The van der Waals surface area contributed by atoms with Gasteiger partial charge in [-0.15, -0.1) is 11.8 Å². The summed E-state index contributed by atoms with van der Waals surface area (Å²) >= 11 is 7.20. The number of nitro groups is 1. The summed E-state index contributed by atoms with van der Waals surface area (Å²) in [6.45, 7) is -0.619. The van der Waals surface area contributed by atoms with Gasteiger partial charge in [0.25, 0.3) is 11.6 Å². The lowest BCUT2D eigenvalue weighted by molar-refractivity contribution is -0.383. The number of carbonyl (C=O) groups is 2. The molecule has 0 fully saturated rings. The van der Waals surface area contributed by atoms with E-state index in [2.05, 4.69) is 5.32 Å². The highest BCUT2D eigenvalue weighted by Gasteiger charge is 2.19. The number of nitrogens with zero attached hydrogens (tertiary/aromatic N) is 1. The molecule has 1 N–H and O–H groups in total. The van der Waals surface area contributed by atoms with Crippen molar-refractivity contribution >= 4 is 46.6 Å². The number of esters is 1. The fourth-order valence-electron chi connectivity index (χ4n) is 2.12. The van der Waals surface area contributed by atoms with Gasteiger partial charge < -0.3 is 14.8 Å². The Kier molecular flexibility index (Phi) is 7.03. The van der Waals surface area contributed by atoms with Gasteiger partial charge in [0.05, 0.1) is 12.0 Å². The Morgan fingerprint density at radius 2 is 2.00 bits per heavy atom. The van der Waals surface area contributed by atoms with Crippen molar-refractivity contribution in [3.8, 4) is 5.75 Å². The number of nitro benzene ring substituents is 1. The van der Waals surface area contributed by atoms with Gasteiger partial charge in [0.1, 0.15) is 17.0 Å². The third-order valence-corrected chi connectivity index (χ3v) is 4.35. The van der Waals surface area contributed by atoms with E-state index in [0.717, 1.165) is 11.0 Å². The van der Waals surface area contributed by atoms with E-state index < -0.39 is 23.4 Å². The molecule has 8 nitrogen and oxygen atoms in total. The van der Waals surface area contributed by atoms with Crippen LogP contribution in [-0.4, -0.2) is 36.8 Å². The van der Waals surface area contributed by atoms with Crippen LogP contribution < -0.4 is 10.1 Å². The second kappa shape index (κ2) is 9.24. The molecule has 2 rings (SSSR count). The van der Waals surface area contributed by atoms with Crippen LogP contribution in [0.1, 0.15) is 10.4 Å². The van der Waals surface area contributed by atoms with Crippen molar-refractivity contribution in [2.75, 3.05) is 25.3 Å². The van der Waals surface area contributed by atoms with Crippen molar-refractivity contribution < 1.29 is 24.0 Å². The molecule has 0 atom stereocenters. The van der Waals surface area contributed by atoms with Crippen LogP contribution in [0.5, 0.6) is 5.75 Å². The van der Waals surface area contributed by atoms with Gasteiger partial charge in [-0.3, -0.25) is 14.9 Å². The molecule has 27 heavy (non-hydrogen) atoms. The maximum Gasteiger partial charge on any atom is 0.342 e. The molecule has 0 spiro atoms. The van der Waals surface area contributed by atoms with Crippen LogP contribution in [0.2, 0.25) is 5.02 Å². The fraction of sp³-hybridized carbons (Fsp3) is 0.176. The average molecular weight is 411 g/mol. The monoisotopic (exact) mass is 410 g/mol. The molecule has 0 aliphatic heterocycles. The van der Waals surface area contributed by atoms with Crippen molar-refractivity contribution in [3.05, 3.63) is 57.1 Å². The number of anilines is 1. The highest BCUT2D eigenvalue weighted by atomic mass is 35.5. The van der Waals surface area contributed by atoms with Gasteiger partial charge >= 0.3 is 5.97 Å². The molecule has 0 unspecified atom stereocenters. The number of ether oxygens (including phenoxy) is 2. The lowest BCUT2D eigenvalue weighted by Crippen LogP contribution is -2.21. The third-order valence-electron chi connectivity index (χ3n) is 3.39. The van der Waals surface area contributed by atoms with Crippen molar-refractivity contribution in [2.45, 2.75) is 4.90 Å². The first-order chi connectivity index (χ1) is 12.8. The number of amides is 1. The van der Waals surface area contributed by atoms with Crippen LogP contribution in [0.3, 0.4) is 0 Å². The molecule has 0 aromatic heterocycles. The fourth-order valence-corrected chi connectivity index (χ4v) is 2.72. The molecule has 0 bridgehead atoms. The number of hydrogen-bond donors (Lipinski definition) is 1. The minimum absolute atomic E-state index is 0.0487. The average Bonchev–Trinajstić information content (AvgIpc) is 2.66. The first-order valence-corrected chi connectivity index (χ1v) is 9.09. The van der Waals surface area contributed by atoms with E-state index in [-0.39, 0.29) is 22.0 Å². The summed E-state index contributed by atoms with van der Waals surface area (Å²) in [6, 6.07) is 8.74. The highest BCUT2D eigenvalue weighted by Crippen LogP contribution is 2.28. The topological polar surface area (TPSA) is 108 Å². The largest absolute Gasteiger partial charge is 0.496 e. The van der Waals surface area contributed by atoms with Crippen LogP contribution in [0.4, 0.5) is 11.4 Å². The smallest absolute Gasteiger partial charge is 0.342 e. The number of rotatable bonds is 7. The van der Waals surface area contributed by atoms with Crippen LogP contribution in [0.25, 0.3) is 0 Å². The van der Waals surface area contributed by atoms with Crippen molar-refractivity contribution in [3.63, 3.8) is 0 Å². The van der Waals surface area contributed by atoms with Crippen molar-refractivity contribution in [2.24, 2.45) is 0 Å². The molecule has 0 aliphatic carbocycles. The predicted octanol–water partition coefficient (Wildman–Crippen LogP) is 3.77. The summed E-state index contributed by atoms with van der Waals surface area (Å²) in [5.41, 5.74) is -0.246. The van der Waals surface area contributed by atoms with E-state index in [1.807, 2.05) is 6.26 Å². The minimum atomic E-state index is -0.750. The maximum atomic E-state index is 12.2. The summed E-state index contributed by atoms with van der Waals surface area (Å²) in [6.07, 6.45) is 1.88. The molecule has 10 heteroatoms. The van der Waals surface area contributed by atoms with Gasteiger partial charge in [-0.05, 0) is 36.6 Å². The summed E-state index contributed by atoms with van der Waals surface area (Å²) in [5.74, 6) is -1.16. The number of hydrogen-bond acceptors (Lipinski definition) is 7. The van der Waals surface area contributed by atoms with Gasteiger partial charge in [0.2, 0.25) is 0 Å². The summed E-state index contributed by atoms with van der Waals surface area (Å²) in [4.78, 5) is 35.4. The Morgan fingerprint density at radius 1 is 1.26 bits per heavy atom. The molecule has 2 aromatic carbocycles. The second-order valence-corrected chi connectivity index (χ2v) is 6.43. The molecule has 0 heterocycles. The Morgan fingerprint density at radius 3 is 2.63 bits per heavy atom. The van der Waals surface area contributed by atoms with Crippen LogP contribution in [-0.2, 0) is 9.53 Å². The van der Waals surface area contributed by atoms with E-state index >= 15 is 0 Å². The second-order valence-electron chi connectivity index (χ2n) is 5.11. The molecule has 1 amide bonds. The molecular formula is C17H15ClN2O6S. The van der Waals surface area contributed by atoms with Crippen molar-refractivity contribution in [1.82, 2.24) is 0 Å². The normalized spacial score (nSPS) is 10.2. The van der Waals surface area contributed by atoms with Gasteiger partial charge in [0.15, 0.2) is 6.61 Å². The highest BCUT2D eigenvalue weighted by molar-refractivity contribution is 7.98. The zero-order valence-electron chi connectivity index (χ0n) is 14.4. The predicted molar refractivity (Wildman–Crippen MR) is 102 cm³/mol. The quantitative estimate of drug-likeness (QED) is 0.320. The van der Waals surface area contributed by atoms with Crippen LogP contribution >= 0.6 is 23.4 Å². The zero-order valence-corrected chi connectivity index (χ0v) is 15.9. The summed E-state index contributed by atoms with van der Waals surface area (Å²) in [7, 11) is 1.42. The molecule has 0 aliphatic rings. The Balaban J connectivity index is 2.04. The summed E-state index contributed by atoms with van der Waals surface area (Å²) < 4.78 is 10.1. The van der Waals surface area contributed by atoms with Gasteiger partial charge in [-0.2, -0.15) is 0 Å². The van der Waals surface area contributed by atoms with Gasteiger partial charge in [0, 0.05) is 16.0 Å². The molecule has 142 valence electrons.